The number of nitrogens with one attached hydrogen (secondary N) is 1. The molecule has 0 aliphatic rings. The second-order valence-electron chi connectivity index (χ2n) is 5.42. The zero-order chi connectivity index (χ0) is 19.3. The van der Waals surface area contributed by atoms with E-state index in [4.69, 9.17) is 5.26 Å². The lowest BCUT2D eigenvalue weighted by Crippen LogP contribution is -2.38. The second kappa shape index (κ2) is 8.15. The molecule has 0 bridgehead atoms. The number of hydrogen-bond acceptors (Lipinski definition) is 3. The van der Waals surface area contributed by atoms with Gasteiger partial charge in [-0.2, -0.15) is 18.4 Å². The number of carbonyl (C=O) groups excluding carboxylic acids is 1. The summed E-state index contributed by atoms with van der Waals surface area (Å²) >= 11 is 3.14. The molecule has 0 aliphatic heterocycles. The summed E-state index contributed by atoms with van der Waals surface area (Å²) in [5.74, 6) is -1.13. The first-order valence-electron chi connectivity index (χ1n) is 7.39. The molecule has 0 spiro atoms. The lowest BCUT2D eigenvalue weighted by Gasteiger charge is -2.22. The van der Waals surface area contributed by atoms with Crippen molar-refractivity contribution in [3.8, 4) is 6.07 Å². The Kier molecular flexibility index (Phi) is 6.16. The van der Waals surface area contributed by atoms with Crippen LogP contribution < -0.4 is 5.32 Å². The van der Waals surface area contributed by atoms with Gasteiger partial charge in [-0.1, -0.05) is 35.9 Å². The summed E-state index contributed by atoms with van der Waals surface area (Å²) in [6.07, 6.45) is -3.58. The minimum Gasteiger partial charge on any atom is -0.336 e. The summed E-state index contributed by atoms with van der Waals surface area (Å²) in [6, 6.07) is 9.92. The number of nitriles is 1. The van der Waals surface area contributed by atoms with Gasteiger partial charge in [-0.05, 0) is 46.6 Å². The first-order chi connectivity index (χ1) is 12.2. The number of aryl methyl sites for hydroxylation is 1. The van der Waals surface area contributed by atoms with Crippen molar-refractivity contribution < 1.29 is 18.0 Å². The molecule has 0 saturated heterocycles. The number of amides is 1. The number of alkyl halides is 3. The molecule has 1 atom stereocenters. The quantitative estimate of drug-likeness (QED) is 0.447. The van der Waals surface area contributed by atoms with E-state index in [2.05, 4.69) is 20.9 Å². The first-order valence-corrected chi connectivity index (χ1v) is 8.18. The zero-order valence-corrected chi connectivity index (χ0v) is 15.1. The predicted molar refractivity (Wildman–Crippen MR) is 93.6 cm³/mol. The number of carbonyl (C=O) groups is 1. The van der Waals surface area contributed by atoms with E-state index in [0.717, 1.165) is 6.08 Å². The Morgan fingerprint density at radius 3 is 2.58 bits per heavy atom. The van der Waals surface area contributed by atoms with Crippen LogP contribution in [0.15, 0.2) is 52.6 Å². The summed E-state index contributed by atoms with van der Waals surface area (Å²) in [5, 5.41) is 11.0. The van der Waals surface area contributed by atoms with Gasteiger partial charge in [-0.15, -0.1) is 0 Å². The fourth-order valence-electron chi connectivity index (χ4n) is 2.21. The molecule has 2 rings (SSSR count). The number of hydrogen-bond donors (Lipinski definition) is 1. The van der Waals surface area contributed by atoms with Crippen LogP contribution in [-0.4, -0.2) is 17.1 Å². The van der Waals surface area contributed by atoms with Crippen molar-refractivity contribution in [1.29, 1.82) is 5.26 Å². The van der Waals surface area contributed by atoms with Crippen molar-refractivity contribution >= 4 is 27.9 Å². The summed E-state index contributed by atoms with van der Waals surface area (Å²) in [7, 11) is 0. The highest BCUT2D eigenvalue weighted by atomic mass is 79.9. The molecule has 4 nitrogen and oxygen atoms in total. The van der Waals surface area contributed by atoms with Gasteiger partial charge in [0, 0.05) is 0 Å². The van der Waals surface area contributed by atoms with Crippen molar-refractivity contribution in [2.45, 2.75) is 19.1 Å². The average Bonchev–Trinajstić information content (AvgIpc) is 2.56. The van der Waals surface area contributed by atoms with E-state index in [0.29, 0.717) is 10.2 Å². The Morgan fingerprint density at radius 2 is 2.00 bits per heavy atom. The molecule has 2 aromatic rings. The maximum Gasteiger partial charge on any atom is 0.412 e. The number of pyridine rings is 1. The summed E-state index contributed by atoms with van der Waals surface area (Å²) < 4.78 is 40.7. The van der Waals surface area contributed by atoms with E-state index in [-0.39, 0.29) is 11.3 Å². The maximum atomic E-state index is 13.4. The van der Waals surface area contributed by atoms with Crippen molar-refractivity contribution in [2.24, 2.45) is 0 Å². The Labute approximate surface area is 156 Å². The van der Waals surface area contributed by atoms with Gasteiger partial charge in [-0.3, -0.25) is 4.79 Å². The van der Waals surface area contributed by atoms with Gasteiger partial charge in [0.25, 0.3) is 5.91 Å². The summed E-state index contributed by atoms with van der Waals surface area (Å²) in [6.45, 7) is 1.65. The predicted octanol–water partition coefficient (Wildman–Crippen LogP) is 4.48. The first kappa shape index (κ1) is 19.7. The molecule has 1 aromatic heterocycles. The fourth-order valence-corrected chi connectivity index (χ4v) is 2.57. The standard InChI is InChI=1S/C18H13BrF3N3O/c1-11-4-2-5-12(8-11)16(18(20,21)22)25-17(26)13(10-23)9-14-6-3-7-15(19)24-14/h2-9,16H,1H3,(H,25,26)/b13-9+/t16-/m1/s1. The highest BCUT2D eigenvalue weighted by Gasteiger charge is 2.42. The smallest absolute Gasteiger partial charge is 0.336 e. The van der Waals surface area contributed by atoms with Crippen LogP contribution >= 0.6 is 15.9 Å². The maximum absolute atomic E-state index is 13.4. The van der Waals surface area contributed by atoms with Gasteiger partial charge in [-0.25, -0.2) is 4.98 Å². The third-order valence-corrected chi connectivity index (χ3v) is 3.81. The van der Waals surface area contributed by atoms with Crippen molar-refractivity contribution in [2.75, 3.05) is 0 Å². The van der Waals surface area contributed by atoms with Gasteiger partial charge in [0.1, 0.15) is 16.2 Å². The van der Waals surface area contributed by atoms with Crippen LogP contribution in [0.25, 0.3) is 6.08 Å². The van der Waals surface area contributed by atoms with E-state index < -0.39 is 23.7 Å². The number of aromatic nitrogens is 1. The SMILES string of the molecule is Cc1cccc([C@@H](NC(=O)/C(C#N)=C/c2cccc(Br)n2)C(F)(F)F)c1. The van der Waals surface area contributed by atoms with E-state index in [9.17, 15) is 18.0 Å². The highest BCUT2D eigenvalue weighted by molar-refractivity contribution is 9.10. The van der Waals surface area contributed by atoms with Crippen molar-refractivity contribution in [1.82, 2.24) is 10.3 Å². The van der Waals surface area contributed by atoms with E-state index >= 15 is 0 Å². The molecule has 1 amide bonds. The van der Waals surface area contributed by atoms with E-state index in [1.165, 1.54) is 24.3 Å². The van der Waals surface area contributed by atoms with Gasteiger partial charge < -0.3 is 5.32 Å². The molecule has 0 unspecified atom stereocenters. The number of halogens is 4. The molecule has 0 aliphatic carbocycles. The van der Waals surface area contributed by atoms with E-state index in [1.807, 2.05) is 5.32 Å². The molecule has 0 fully saturated rings. The largest absolute Gasteiger partial charge is 0.412 e. The fraction of sp³-hybridized carbons (Fsp3) is 0.167. The number of benzene rings is 1. The Morgan fingerprint density at radius 1 is 1.31 bits per heavy atom. The minimum atomic E-state index is -4.71. The topological polar surface area (TPSA) is 65.8 Å². The second-order valence-corrected chi connectivity index (χ2v) is 6.23. The number of rotatable bonds is 4. The monoisotopic (exact) mass is 423 g/mol. The molecule has 1 aromatic carbocycles. The Bertz CT molecular complexity index is 888. The third-order valence-electron chi connectivity index (χ3n) is 3.37. The van der Waals surface area contributed by atoms with Gasteiger partial charge in [0.2, 0.25) is 0 Å². The van der Waals surface area contributed by atoms with Crippen LogP contribution in [0.2, 0.25) is 0 Å². The van der Waals surface area contributed by atoms with Crippen LogP contribution in [-0.2, 0) is 4.79 Å². The Hall–Kier alpha value is -2.66. The molecule has 134 valence electrons. The van der Waals surface area contributed by atoms with Gasteiger partial charge >= 0.3 is 6.18 Å². The van der Waals surface area contributed by atoms with Gasteiger partial charge in [0.05, 0.1) is 5.69 Å². The van der Waals surface area contributed by atoms with Gasteiger partial charge in [0.15, 0.2) is 6.04 Å². The van der Waals surface area contributed by atoms with Crippen LogP contribution in [0.5, 0.6) is 0 Å². The molecule has 26 heavy (non-hydrogen) atoms. The molecular weight excluding hydrogens is 411 g/mol. The molecule has 1 N–H and O–H groups in total. The highest BCUT2D eigenvalue weighted by Crippen LogP contribution is 2.33. The van der Waals surface area contributed by atoms with Crippen LogP contribution in [0.1, 0.15) is 22.9 Å². The molecular formula is C18H13BrF3N3O. The normalized spacial score (nSPS) is 13.0. The molecule has 0 saturated carbocycles. The summed E-state index contributed by atoms with van der Waals surface area (Å²) in [4.78, 5) is 16.3. The van der Waals surface area contributed by atoms with Crippen LogP contribution in [0.4, 0.5) is 13.2 Å². The lowest BCUT2D eigenvalue weighted by molar-refractivity contribution is -0.162. The molecule has 0 radical (unpaired) electrons. The van der Waals surface area contributed by atoms with Crippen molar-refractivity contribution in [3.63, 3.8) is 0 Å². The Balaban J connectivity index is 2.32. The average molecular weight is 424 g/mol. The van der Waals surface area contributed by atoms with Crippen LogP contribution in [0, 0.1) is 18.3 Å². The zero-order valence-electron chi connectivity index (χ0n) is 13.5. The minimum absolute atomic E-state index is 0.108. The van der Waals surface area contributed by atoms with Crippen LogP contribution in [0.3, 0.4) is 0 Å². The molecule has 8 heteroatoms. The van der Waals surface area contributed by atoms with Crippen molar-refractivity contribution in [3.05, 3.63) is 69.5 Å². The number of nitrogens with zero attached hydrogens (tertiary/aromatic N) is 2. The third kappa shape index (κ3) is 5.17. The van der Waals surface area contributed by atoms with E-state index in [1.54, 1.807) is 31.2 Å². The summed E-state index contributed by atoms with van der Waals surface area (Å²) in [5.41, 5.74) is 0.312. The molecule has 1 heterocycles. The lowest BCUT2D eigenvalue weighted by atomic mass is 10.0.